The summed E-state index contributed by atoms with van der Waals surface area (Å²) in [5, 5.41) is 3.48. The van der Waals surface area contributed by atoms with Gasteiger partial charge in [-0.2, -0.15) is 9.97 Å². The van der Waals surface area contributed by atoms with E-state index in [1.165, 1.54) is 0 Å². The van der Waals surface area contributed by atoms with Gasteiger partial charge in [0.2, 0.25) is 5.28 Å². The summed E-state index contributed by atoms with van der Waals surface area (Å²) in [5.74, 6) is 0.703. The van der Waals surface area contributed by atoms with Crippen molar-refractivity contribution in [1.82, 2.24) is 19.5 Å². The van der Waals surface area contributed by atoms with Crippen LogP contribution in [0.3, 0.4) is 0 Å². The van der Waals surface area contributed by atoms with E-state index in [0.29, 0.717) is 12.4 Å². The van der Waals surface area contributed by atoms with Crippen molar-refractivity contribution in [2.75, 3.05) is 25.1 Å². The van der Waals surface area contributed by atoms with E-state index in [4.69, 9.17) is 16.3 Å². The smallest absolute Gasteiger partial charge is 0.870 e. The van der Waals surface area contributed by atoms with E-state index in [1.807, 2.05) is 4.57 Å². The molecule has 0 saturated carbocycles. The van der Waals surface area contributed by atoms with Crippen molar-refractivity contribution in [3.63, 3.8) is 0 Å². The number of ether oxygens (including phenoxy) is 1. The third-order valence-electron chi connectivity index (χ3n) is 3.24. The quantitative estimate of drug-likeness (QED) is 0.579. The number of anilines is 1. The van der Waals surface area contributed by atoms with Crippen LogP contribution >= 0.6 is 11.6 Å². The summed E-state index contributed by atoms with van der Waals surface area (Å²) >= 11 is 6.00. The molecule has 1 saturated heterocycles. The molecular weight excluding hydrogens is 305 g/mol. The second-order valence-electron chi connectivity index (χ2n) is 4.61. The fourth-order valence-electron chi connectivity index (χ4n) is 2.27. The van der Waals surface area contributed by atoms with Crippen LogP contribution in [0.2, 0.25) is 5.28 Å². The van der Waals surface area contributed by atoms with Gasteiger partial charge in [-0.3, -0.25) is 0 Å². The Kier molecular flexibility index (Phi) is 7.32. The van der Waals surface area contributed by atoms with Crippen LogP contribution in [0.25, 0.3) is 11.2 Å². The van der Waals surface area contributed by atoms with Gasteiger partial charge < -0.3 is 20.1 Å². The summed E-state index contributed by atoms with van der Waals surface area (Å²) in [4.78, 5) is 12.9. The summed E-state index contributed by atoms with van der Waals surface area (Å²) < 4.78 is 7.45. The molecular formula is C12H17ClN5NaO2. The van der Waals surface area contributed by atoms with E-state index in [0.717, 1.165) is 37.2 Å². The maximum absolute atomic E-state index is 6.00. The number of hydrogen-bond acceptors (Lipinski definition) is 6. The molecule has 7 nitrogen and oxygen atoms in total. The van der Waals surface area contributed by atoms with E-state index in [9.17, 15) is 0 Å². The van der Waals surface area contributed by atoms with Gasteiger partial charge in [0, 0.05) is 13.2 Å². The molecule has 3 rings (SSSR count). The van der Waals surface area contributed by atoms with Crippen LogP contribution in [-0.2, 0) is 4.74 Å². The average molecular weight is 322 g/mol. The SMILES string of the molecule is CCCNc1nc(Cl)nc2c1ncn2C1CCOC1.[Na+].[OH-]. The van der Waals surface area contributed by atoms with Crippen LogP contribution in [0.4, 0.5) is 5.82 Å². The molecule has 110 valence electrons. The first-order valence-electron chi connectivity index (χ1n) is 6.51. The van der Waals surface area contributed by atoms with Gasteiger partial charge in [0.25, 0.3) is 0 Å². The zero-order valence-corrected chi connectivity index (χ0v) is 15.0. The number of hydrogen-bond donors (Lipinski definition) is 1. The number of rotatable bonds is 4. The van der Waals surface area contributed by atoms with Crippen molar-refractivity contribution >= 4 is 28.6 Å². The van der Waals surface area contributed by atoms with Crippen molar-refractivity contribution in [2.24, 2.45) is 0 Å². The van der Waals surface area contributed by atoms with Crippen LogP contribution < -0.4 is 34.9 Å². The number of nitrogens with zero attached hydrogens (tertiary/aromatic N) is 4. The predicted molar refractivity (Wildman–Crippen MR) is 75.5 cm³/mol. The molecule has 0 bridgehead atoms. The summed E-state index contributed by atoms with van der Waals surface area (Å²) in [6.07, 6.45) is 3.79. The molecule has 2 aromatic rings. The topological polar surface area (TPSA) is 94.9 Å². The van der Waals surface area contributed by atoms with Gasteiger partial charge in [0.05, 0.1) is 19.0 Å². The molecule has 0 spiro atoms. The molecule has 0 amide bonds. The number of halogens is 1. The molecule has 2 N–H and O–H groups in total. The zero-order valence-electron chi connectivity index (χ0n) is 12.2. The minimum Gasteiger partial charge on any atom is -0.870 e. The fourth-order valence-corrected chi connectivity index (χ4v) is 2.43. The molecule has 0 aliphatic carbocycles. The molecule has 2 aromatic heterocycles. The number of fused-ring (bicyclic) bond motifs is 1. The normalized spacial score (nSPS) is 17.3. The first-order chi connectivity index (χ1) is 9.29. The standard InChI is InChI=1S/C12H16ClN5O.Na.H2O/c1-2-4-14-10-9-11(17-12(13)16-10)18(7-15-9)8-3-5-19-6-8;;/h7-8H,2-6H2,1H3,(H,14,16,17);;1H2/q;+1;/p-1. The maximum atomic E-state index is 6.00. The Morgan fingerprint density at radius 1 is 1.48 bits per heavy atom. The van der Waals surface area contributed by atoms with Crippen molar-refractivity contribution < 1.29 is 39.8 Å². The predicted octanol–water partition coefficient (Wildman–Crippen LogP) is -0.910. The van der Waals surface area contributed by atoms with Gasteiger partial charge in [0.15, 0.2) is 17.0 Å². The maximum Gasteiger partial charge on any atom is 1.00 e. The van der Waals surface area contributed by atoms with Crippen LogP contribution in [0.1, 0.15) is 25.8 Å². The Bertz CT molecular complexity index is 588. The van der Waals surface area contributed by atoms with E-state index in [2.05, 4.69) is 27.2 Å². The van der Waals surface area contributed by atoms with Crippen molar-refractivity contribution in [3.8, 4) is 0 Å². The van der Waals surface area contributed by atoms with Gasteiger partial charge in [-0.1, -0.05) is 6.92 Å². The third-order valence-corrected chi connectivity index (χ3v) is 3.40. The molecule has 9 heteroatoms. The van der Waals surface area contributed by atoms with Crippen molar-refractivity contribution in [3.05, 3.63) is 11.6 Å². The van der Waals surface area contributed by atoms with Crippen LogP contribution in [-0.4, -0.2) is 44.8 Å². The van der Waals surface area contributed by atoms with E-state index < -0.39 is 0 Å². The number of nitrogens with one attached hydrogen (secondary N) is 1. The Balaban J connectivity index is 0.00000110. The fraction of sp³-hybridized carbons (Fsp3) is 0.583. The summed E-state index contributed by atoms with van der Waals surface area (Å²) in [6.45, 7) is 4.41. The van der Waals surface area contributed by atoms with Gasteiger partial charge in [-0.05, 0) is 24.4 Å². The summed E-state index contributed by atoms with van der Waals surface area (Å²) in [6, 6.07) is 0.287. The Hall–Kier alpha value is -0.440. The zero-order chi connectivity index (χ0) is 13.2. The van der Waals surface area contributed by atoms with E-state index >= 15 is 0 Å². The molecule has 3 heterocycles. The van der Waals surface area contributed by atoms with Crippen molar-refractivity contribution in [2.45, 2.75) is 25.8 Å². The molecule has 1 unspecified atom stereocenters. The second-order valence-corrected chi connectivity index (χ2v) is 4.95. The summed E-state index contributed by atoms with van der Waals surface area (Å²) in [7, 11) is 0. The molecule has 0 aromatic carbocycles. The average Bonchev–Trinajstić information content (AvgIpc) is 3.03. The third kappa shape index (κ3) is 3.85. The van der Waals surface area contributed by atoms with Crippen molar-refractivity contribution in [1.29, 1.82) is 0 Å². The Morgan fingerprint density at radius 3 is 2.95 bits per heavy atom. The minimum atomic E-state index is 0. The van der Waals surface area contributed by atoms with Gasteiger partial charge in [0.1, 0.15) is 0 Å². The molecule has 0 radical (unpaired) electrons. The number of imidazole rings is 1. The Labute approximate surface area is 150 Å². The number of aromatic nitrogens is 4. The molecule has 21 heavy (non-hydrogen) atoms. The van der Waals surface area contributed by atoms with Crippen LogP contribution in [0.5, 0.6) is 0 Å². The first kappa shape index (κ1) is 18.6. The van der Waals surface area contributed by atoms with Crippen LogP contribution in [0.15, 0.2) is 6.33 Å². The van der Waals surface area contributed by atoms with Crippen LogP contribution in [0, 0.1) is 0 Å². The van der Waals surface area contributed by atoms with Gasteiger partial charge in [-0.25, -0.2) is 4.98 Å². The largest absolute Gasteiger partial charge is 1.00 e. The molecule has 1 fully saturated rings. The summed E-state index contributed by atoms with van der Waals surface area (Å²) in [5.41, 5.74) is 1.54. The molecule has 1 atom stereocenters. The van der Waals surface area contributed by atoms with Gasteiger partial charge >= 0.3 is 29.6 Å². The van der Waals surface area contributed by atoms with E-state index in [1.54, 1.807) is 6.33 Å². The van der Waals surface area contributed by atoms with Gasteiger partial charge in [-0.15, -0.1) is 0 Å². The molecule has 1 aliphatic heterocycles. The first-order valence-corrected chi connectivity index (χ1v) is 6.89. The van der Waals surface area contributed by atoms with E-state index in [-0.39, 0.29) is 46.4 Å². The molecule has 1 aliphatic rings. The Morgan fingerprint density at radius 2 is 2.29 bits per heavy atom. The minimum absolute atomic E-state index is 0. The monoisotopic (exact) mass is 321 g/mol. The second kappa shape index (κ2) is 8.26.